The lowest BCUT2D eigenvalue weighted by Gasteiger charge is -2.46. The predicted octanol–water partition coefficient (Wildman–Crippen LogP) is 2.72. The van der Waals surface area contributed by atoms with Crippen LogP contribution < -0.4 is 0 Å². The second-order valence-corrected chi connectivity index (χ2v) is 5.93. The Morgan fingerprint density at radius 2 is 1.75 bits per heavy atom. The average molecular weight is 295 g/mol. The van der Waals surface area contributed by atoms with Crippen LogP contribution in [0.4, 0.5) is 13.2 Å². The van der Waals surface area contributed by atoms with Crippen molar-refractivity contribution in [3.05, 3.63) is 0 Å². The molecule has 2 rings (SSSR count). The van der Waals surface area contributed by atoms with Gasteiger partial charge in [0.2, 0.25) is 0 Å². The van der Waals surface area contributed by atoms with Crippen LogP contribution in [0.15, 0.2) is 0 Å². The number of rotatable bonds is 5. The van der Waals surface area contributed by atoms with Gasteiger partial charge in [-0.2, -0.15) is 13.2 Å². The molecular weight excluding hydrogens is 271 g/mol. The third-order valence-corrected chi connectivity index (χ3v) is 4.67. The summed E-state index contributed by atoms with van der Waals surface area (Å²) in [5.74, 6) is 0. The Morgan fingerprint density at radius 1 is 1.15 bits per heavy atom. The number of nitrogens with zero attached hydrogens (tertiary/aromatic N) is 1. The van der Waals surface area contributed by atoms with Gasteiger partial charge < -0.3 is 9.84 Å². The van der Waals surface area contributed by atoms with Gasteiger partial charge in [-0.3, -0.25) is 4.90 Å². The van der Waals surface area contributed by atoms with E-state index in [1.165, 1.54) is 0 Å². The molecule has 2 fully saturated rings. The summed E-state index contributed by atoms with van der Waals surface area (Å²) in [4.78, 5) is 2.25. The zero-order valence-electron chi connectivity index (χ0n) is 11.8. The number of aliphatic hydroxyl groups is 1. The van der Waals surface area contributed by atoms with E-state index in [-0.39, 0.29) is 18.4 Å². The molecule has 0 radical (unpaired) electrons. The van der Waals surface area contributed by atoms with Gasteiger partial charge in [0.05, 0.1) is 19.3 Å². The molecule has 0 bridgehead atoms. The van der Waals surface area contributed by atoms with Crippen molar-refractivity contribution in [1.82, 2.24) is 4.90 Å². The van der Waals surface area contributed by atoms with Crippen molar-refractivity contribution in [3.63, 3.8) is 0 Å². The first-order valence-corrected chi connectivity index (χ1v) is 7.52. The lowest BCUT2D eigenvalue weighted by Crippen LogP contribution is -2.58. The summed E-state index contributed by atoms with van der Waals surface area (Å²) in [5, 5.41) is 10.5. The Balaban J connectivity index is 1.93. The molecule has 0 amide bonds. The Labute approximate surface area is 118 Å². The molecule has 1 aliphatic carbocycles. The van der Waals surface area contributed by atoms with Crippen LogP contribution in [-0.2, 0) is 4.74 Å². The van der Waals surface area contributed by atoms with Gasteiger partial charge in [-0.15, -0.1) is 0 Å². The fourth-order valence-electron chi connectivity index (χ4n) is 3.62. The number of halogens is 3. The summed E-state index contributed by atoms with van der Waals surface area (Å²) in [6.45, 7) is 2.85. The number of hydrogen-bond donors (Lipinski definition) is 1. The van der Waals surface area contributed by atoms with E-state index in [4.69, 9.17) is 4.74 Å². The minimum atomic E-state index is -4.12. The van der Waals surface area contributed by atoms with Gasteiger partial charge >= 0.3 is 6.18 Å². The lowest BCUT2D eigenvalue weighted by molar-refractivity contribution is -0.138. The molecule has 1 saturated carbocycles. The highest BCUT2D eigenvalue weighted by molar-refractivity contribution is 5.00. The van der Waals surface area contributed by atoms with Gasteiger partial charge in [-0.05, 0) is 25.7 Å². The van der Waals surface area contributed by atoms with Crippen LogP contribution in [0.1, 0.15) is 44.9 Å². The van der Waals surface area contributed by atoms with E-state index in [2.05, 4.69) is 4.90 Å². The largest absolute Gasteiger partial charge is 0.391 e. The van der Waals surface area contributed by atoms with Crippen LogP contribution >= 0.6 is 0 Å². The highest BCUT2D eigenvalue weighted by atomic mass is 19.4. The molecule has 3 nitrogen and oxygen atoms in total. The molecule has 0 aromatic heterocycles. The molecule has 1 atom stereocenters. The van der Waals surface area contributed by atoms with E-state index in [1.54, 1.807) is 0 Å². The predicted molar refractivity (Wildman–Crippen MR) is 69.5 cm³/mol. The first kappa shape index (κ1) is 16.0. The molecule has 0 aromatic carbocycles. The Hall–Kier alpha value is -0.330. The Kier molecular flexibility index (Phi) is 5.31. The second-order valence-electron chi connectivity index (χ2n) is 5.93. The van der Waals surface area contributed by atoms with E-state index < -0.39 is 18.7 Å². The number of alkyl halides is 3. The summed E-state index contributed by atoms with van der Waals surface area (Å²) in [6.07, 6.45) is -1.47. The Morgan fingerprint density at radius 3 is 2.30 bits per heavy atom. The van der Waals surface area contributed by atoms with Crippen LogP contribution in [0.2, 0.25) is 0 Å². The van der Waals surface area contributed by atoms with Crippen molar-refractivity contribution in [2.24, 2.45) is 0 Å². The average Bonchev–Trinajstić information content (AvgIpc) is 2.89. The molecule has 2 aliphatic rings. The van der Waals surface area contributed by atoms with Gasteiger partial charge in [0.15, 0.2) is 0 Å². The van der Waals surface area contributed by atoms with Crippen LogP contribution in [0, 0.1) is 0 Å². The fraction of sp³-hybridized carbons (Fsp3) is 1.00. The van der Waals surface area contributed by atoms with Crippen LogP contribution in [-0.4, -0.2) is 54.1 Å². The topological polar surface area (TPSA) is 32.7 Å². The summed E-state index contributed by atoms with van der Waals surface area (Å²) >= 11 is 0. The molecule has 0 aromatic rings. The summed E-state index contributed by atoms with van der Waals surface area (Å²) in [5.41, 5.74) is -0.310. The number of aliphatic hydroxyl groups excluding tert-OH is 1. The molecule has 6 heteroatoms. The molecule has 1 aliphatic heterocycles. The Bertz CT molecular complexity index is 297. The SMILES string of the molecule is OC(CCCC(F)(F)F)C1(N2CCOCC2)CCCC1. The van der Waals surface area contributed by atoms with Crippen molar-refractivity contribution >= 4 is 0 Å². The van der Waals surface area contributed by atoms with Crippen molar-refractivity contribution in [2.45, 2.75) is 62.8 Å². The highest BCUT2D eigenvalue weighted by Gasteiger charge is 2.45. The van der Waals surface area contributed by atoms with Crippen molar-refractivity contribution in [3.8, 4) is 0 Å². The molecule has 118 valence electrons. The third kappa shape index (κ3) is 3.86. The molecular formula is C14H24F3NO2. The molecule has 1 unspecified atom stereocenters. The number of ether oxygens (including phenoxy) is 1. The first-order valence-electron chi connectivity index (χ1n) is 7.52. The standard InChI is InChI=1S/C14H24F3NO2/c15-14(16,17)7-3-4-12(19)13(5-1-2-6-13)18-8-10-20-11-9-18/h12,19H,1-11H2. The maximum atomic E-state index is 12.2. The summed E-state index contributed by atoms with van der Waals surface area (Å²) in [6, 6.07) is 0. The van der Waals surface area contributed by atoms with E-state index in [9.17, 15) is 18.3 Å². The van der Waals surface area contributed by atoms with E-state index in [1.807, 2.05) is 0 Å². The quantitative estimate of drug-likeness (QED) is 0.846. The van der Waals surface area contributed by atoms with Crippen LogP contribution in [0.3, 0.4) is 0 Å². The van der Waals surface area contributed by atoms with Crippen molar-refractivity contribution in [1.29, 1.82) is 0 Å². The zero-order valence-corrected chi connectivity index (χ0v) is 11.8. The molecule has 1 N–H and O–H groups in total. The first-order chi connectivity index (χ1) is 9.44. The molecule has 20 heavy (non-hydrogen) atoms. The number of hydrogen-bond acceptors (Lipinski definition) is 3. The van der Waals surface area contributed by atoms with Crippen molar-refractivity contribution < 1.29 is 23.0 Å². The van der Waals surface area contributed by atoms with Gasteiger partial charge in [0.25, 0.3) is 0 Å². The van der Waals surface area contributed by atoms with Crippen LogP contribution in [0.25, 0.3) is 0 Å². The van der Waals surface area contributed by atoms with Gasteiger partial charge in [0, 0.05) is 25.0 Å². The minimum absolute atomic E-state index is 0.0107. The smallest absolute Gasteiger partial charge is 0.389 e. The van der Waals surface area contributed by atoms with Crippen LogP contribution in [0.5, 0.6) is 0 Å². The maximum Gasteiger partial charge on any atom is 0.389 e. The van der Waals surface area contributed by atoms with Gasteiger partial charge in [-0.1, -0.05) is 12.8 Å². The monoisotopic (exact) mass is 295 g/mol. The molecule has 0 spiro atoms. The van der Waals surface area contributed by atoms with E-state index in [0.29, 0.717) is 13.2 Å². The van der Waals surface area contributed by atoms with Gasteiger partial charge in [0.1, 0.15) is 0 Å². The fourth-order valence-corrected chi connectivity index (χ4v) is 3.62. The summed E-state index contributed by atoms with van der Waals surface area (Å²) < 4.78 is 42.0. The van der Waals surface area contributed by atoms with Gasteiger partial charge in [-0.25, -0.2) is 0 Å². The number of morpholine rings is 1. The van der Waals surface area contributed by atoms with E-state index in [0.717, 1.165) is 38.8 Å². The molecule has 1 saturated heterocycles. The lowest BCUT2D eigenvalue weighted by atomic mass is 9.85. The zero-order chi connectivity index (χ0) is 14.6. The maximum absolute atomic E-state index is 12.2. The summed E-state index contributed by atoms with van der Waals surface area (Å²) in [7, 11) is 0. The minimum Gasteiger partial charge on any atom is -0.391 e. The van der Waals surface area contributed by atoms with Crippen molar-refractivity contribution in [2.75, 3.05) is 26.3 Å². The highest BCUT2D eigenvalue weighted by Crippen LogP contribution is 2.40. The second kappa shape index (κ2) is 6.62. The third-order valence-electron chi connectivity index (χ3n) is 4.67. The van der Waals surface area contributed by atoms with E-state index >= 15 is 0 Å². The normalized spacial score (nSPS) is 25.8. The molecule has 1 heterocycles.